The first-order valence-corrected chi connectivity index (χ1v) is 4.87. The van der Waals surface area contributed by atoms with Gasteiger partial charge >= 0.3 is 11.4 Å². The van der Waals surface area contributed by atoms with E-state index in [2.05, 4.69) is 4.98 Å². The second-order valence-electron chi connectivity index (χ2n) is 3.15. The summed E-state index contributed by atoms with van der Waals surface area (Å²) in [5.74, 6) is 0. The summed E-state index contributed by atoms with van der Waals surface area (Å²) < 4.78 is 2.65. The van der Waals surface area contributed by atoms with Crippen molar-refractivity contribution in [1.82, 2.24) is 14.1 Å². The highest BCUT2D eigenvalue weighted by molar-refractivity contribution is 4.72. The number of rotatable bonds is 4. The van der Waals surface area contributed by atoms with Crippen molar-refractivity contribution in [2.24, 2.45) is 0 Å². The van der Waals surface area contributed by atoms with Crippen LogP contribution in [-0.4, -0.2) is 14.1 Å². The zero-order valence-corrected chi connectivity index (χ0v) is 8.56. The van der Waals surface area contributed by atoms with Crippen molar-refractivity contribution < 1.29 is 0 Å². The first kappa shape index (κ1) is 10.7. The first-order chi connectivity index (χ1) is 6.70. The van der Waals surface area contributed by atoms with Crippen LogP contribution in [0.2, 0.25) is 0 Å². The number of nitrogens with zero attached hydrogens (tertiary/aromatic N) is 3. The maximum Gasteiger partial charge on any atom is 0.353 e. The molecule has 5 nitrogen and oxygen atoms in total. The Balaban J connectivity index is 3.19. The molecule has 5 heteroatoms. The lowest BCUT2D eigenvalue weighted by Gasteiger charge is -2.06. The highest BCUT2D eigenvalue weighted by Gasteiger charge is 2.03. The Hall–Kier alpha value is -1.39. The number of hydrogen-bond donors (Lipinski definition) is 0. The number of hydrogen-bond acceptors (Lipinski definition) is 3. The third-order valence-electron chi connectivity index (χ3n) is 1.93. The summed E-state index contributed by atoms with van der Waals surface area (Å²) in [6, 6.07) is 0. The largest absolute Gasteiger partial charge is 0.353 e. The summed E-state index contributed by atoms with van der Waals surface area (Å²) in [5.41, 5.74) is -0.710. The fourth-order valence-corrected chi connectivity index (χ4v) is 1.28. The van der Waals surface area contributed by atoms with Crippen molar-refractivity contribution in [2.75, 3.05) is 0 Å². The van der Waals surface area contributed by atoms with Gasteiger partial charge in [-0.3, -0.25) is 4.57 Å². The smallest absolute Gasteiger partial charge is 0.284 e. The maximum atomic E-state index is 11.7. The second kappa shape index (κ2) is 4.74. The van der Waals surface area contributed by atoms with Crippen LogP contribution in [0.15, 0.2) is 15.9 Å². The van der Waals surface area contributed by atoms with Gasteiger partial charge in [0.2, 0.25) is 0 Å². The SMILES string of the molecule is CCCn1cnc(=O)n(CCC)c1=O. The van der Waals surface area contributed by atoms with Gasteiger partial charge in [0.25, 0.3) is 0 Å². The molecule has 0 saturated heterocycles. The normalized spacial score (nSPS) is 10.4. The standard InChI is InChI=1S/C9H15N3O2/c1-3-5-11-7-10-8(13)12(6-4-2)9(11)14/h7H,3-6H2,1-2H3. The van der Waals surface area contributed by atoms with Gasteiger partial charge in [-0.1, -0.05) is 13.8 Å². The van der Waals surface area contributed by atoms with E-state index < -0.39 is 5.69 Å². The van der Waals surface area contributed by atoms with E-state index in [0.29, 0.717) is 13.1 Å². The van der Waals surface area contributed by atoms with Crippen LogP contribution < -0.4 is 11.4 Å². The van der Waals surface area contributed by atoms with Crippen LogP contribution in [-0.2, 0) is 13.1 Å². The second-order valence-corrected chi connectivity index (χ2v) is 3.15. The molecule has 0 bridgehead atoms. The van der Waals surface area contributed by atoms with Crippen LogP contribution in [0.1, 0.15) is 26.7 Å². The minimum Gasteiger partial charge on any atom is -0.284 e. The average molecular weight is 197 g/mol. The van der Waals surface area contributed by atoms with Gasteiger partial charge in [-0.2, -0.15) is 4.98 Å². The third-order valence-corrected chi connectivity index (χ3v) is 1.93. The lowest BCUT2D eigenvalue weighted by atomic mass is 10.4. The number of aryl methyl sites for hydroxylation is 1. The Morgan fingerprint density at radius 2 is 1.86 bits per heavy atom. The molecule has 0 radical (unpaired) electrons. The maximum absolute atomic E-state index is 11.7. The molecular weight excluding hydrogens is 182 g/mol. The van der Waals surface area contributed by atoms with E-state index in [0.717, 1.165) is 12.8 Å². The predicted molar refractivity (Wildman–Crippen MR) is 53.3 cm³/mol. The lowest BCUT2D eigenvalue weighted by molar-refractivity contribution is 0.517. The quantitative estimate of drug-likeness (QED) is 0.694. The molecule has 0 N–H and O–H groups in total. The summed E-state index contributed by atoms with van der Waals surface area (Å²) >= 11 is 0. The van der Waals surface area contributed by atoms with Gasteiger partial charge < -0.3 is 0 Å². The van der Waals surface area contributed by atoms with Crippen molar-refractivity contribution in [2.45, 2.75) is 39.8 Å². The van der Waals surface area contributed by atoms with Crippen LogP contribution in [0.3, 0.4) is 0 Å². The molecule has 1 aromatic heterocycles. The summed E-state index contributed by atoms with van der Waals surface area (Å²) in [7, 11) is 0. The average Bonchev–Trinajstić information content (AvgIpc) is 2.17. The third kappa shape index (κ3) is 2.10. The van der Waals surface area contributed by atoms with E-state index in [1.165, 1.54) is 15.5 Å². The Labute approximate surface area is 82.0 Å². The van der Waals surface area contributed by atoms with Gasteiger partial charge in [-0.05, 0) is 12.8 Å². The van der Waals surface area contributed by atoms with Crippen molar-refractivity contribution in [3.8, 4) is 0 Å². The van der Waals surface area contributed by atoms with Crippen LogP contribution in [0.25, 0.3) is 0 Å². The van der Waals surface area contributed by atoms with Gasteiger partial charge in [0.05, 0.1) is 0 Å². The van der Waals surface area contributed by atoms with E-state index in [1.54, 1.807) is 0 Å². The van der Waals surface area contributed by atoms with E-state index >= 15 is 0 Å². The minimum absolute atomic E-state index is 0.256. The van der Waals surface area contributed by atoms with Gasteiger partial charge in [-0.15, -0.1) is 0 Å². The predicted octanol–water partition coefficient (Wildman–Crippen LogP) is 0.225. The molecule has 1 heterocycles. The summed E-state index contributed by atoms with van der Waals surface area (Å²) in [6.07, 6.45) is 2.93. The Morgan fingerprint density at radius 1 is 1.21 bits per heavy atom. The topological polar surface area (TPSA) is 56.9 Å². The Kier molecular flexibility index (Phi) is 3.62. The van der Waals surface area contributed by atoms with Crippen molar-refractivity contribution in [3.63, 3.8) is 0 Å². The fraction of sp³-hybridized carbons (Fsp3) is 0.667. The van der Waals surface area contributed by atoms with E-state index in [4.69, 9.17) is 0 Å². The molecule has 0 aliphatic heterocycles. The van der Waals surface area contributed by atoms with E-state index in [9.17, 15) is 9.59 Å². The first-order valence-electron chi connectivity index (χ1n) is 4.87. The van der Waals surface area contributed by atoms with Crippen LogP contribution in [0, 0.1) is 0 Å². The van der Waals surface area contributed by atoms with Crippen LogP contribution in [0.5, 0.6) is 0 Å². The molecule has 1 aromatic rings. The van der Waals surface area contributed by atoms with Crippen molar-refractivity contribution in [3.05, 3.63) is 27.3 Å². The molecule has 0 unspecified atom stereocenters. The molecule has 0 saturated carbocycles. The zero-order chi connectivity index (χ0) is 10.6. The molecule has 0 aromatic carbocycles. The Bertz CT molecular complexity index is 405. The molecule has 1 rings (SSSR count). The molecule has 0 aliphatic carbocycles. The molecule has 14 heavy (non-hydrogen) atoms. The highest BCUT2D eigenvalue weighted by atomic mass is 16.2. The molecule has 0 amide bonds. The summed E-state index contributed by atoms with van der Waals surface area (Å²) in [5, 5.41) is 0. The lowest BCUT2D eigenvalue weighted by Crippen LogP contribution is -2.40. The zero-order valence-electron chi connectivity index (χ0n) is 8.56. The fourth-order valence-electron chi connectivity index (χ4n) is 1.28. The van der Waals surface area contributed by atoms with Gasteiger partial charge in [0.15, 0.2) is 0 Å². The molecule has 0 atom stereocenters. The van der Waals surface area contributed by atoms with Crippen molar-refractivity contribution >= 4 is 0 Å². The molecule has 0 aliphatic rings. The summed E-state index contributed by atoms with van der Waals surface area (Å²) in [4.78, 5) is 26.5. The van der Waals surface area contributed by atoms with Gasteiger partial charge in [-0.25, -0.2) is 14.2 Å². The molecular formula is C9H15N3O2. The van der Waals surface area contributed by atoms with Gasteiger partial charge in [0, 0.05) is 13.1 Å². The number of aromatic nitrogens is 3. The van der Waals surface area contributed by atoms with E-state index in [-0.39, 0.29) is 5.69 Å². The monoisotopic (exact) mass is 197 g/mol. The Morgan fingerprint density at radius 3 is 2.43 bits per heavy atom. The van der Waals surface area contributed by atoms with Crippen LogP contribution in [0.4, 0.5) is 0 Å². The van der Waals surface area contributed by atoms with Crippen molar-refractivity contribution in [1.29, 1.82) is 0 Å². The van der Waals surface area contributed by atoms with E-state index in [1.807, 2.05) is 13.8 Å². The molecule has 78 valence electrons. The minimum atomic E-state index is -0.454. The molecule has 0 spiro atoms. The van der Waals surface area contributed by atoms with Gasteiger partial charge in [0.1, 0.15) is 6.33 Å². The highest BCUT2D eigenvalue weighted by Crippen LogP contribution is 1.83. The summed E-state index contributed by atoms with van der Waals surface area (Å²) in [6.45, 7) is 4.94. The molecule has 0 fully saturated rings. The van der Waals surface area contributed by atoms with Crippen LogP contribution >= 0.6 is 0 Å².